The van der Waals surface area contributed by atoms with Gasteiger partial charge in [0, 0.05) is 13.1 Å². The van der Waals surface area contributed by atoms with Gasteiger partial charge in [-0.2, -0.15) is 0 Å². The first-order valence-corrected chi connectivity index (χ1v) is 8.17. The summed E-state index contributed by atoms with van der Waals surface area (Å²) in [4.78, 5) is 2.43. The zero-order valence-electron chi connectivity index (χ0n) is 10.1. The number of nitrogens with zero attached hydrogens (tertiary/aromatic N) is 2. The van der Waals surface area contributed by atoms with Crippen LogP contribution in [0.4, 0.5) is 5.00 Å². The summed E-state index contributed by atoms with van der Waals surface area (Å²) in [5.41, 5.74) is 0. The fourth-order valence-electron chi connectivity index (χ4n) is 2.09. The Hall–Kier alpha value is -0.140. The summed E-state index contributed by atoms with van der Waals surface area (Å²) in [6.07, 6.45) is 0. The van der Waals surface area contributed by atoms with Crippen LogP contribution < -0.4 is 26.6 Å². The summed E-state index contributed by atoms with van der Waals surface area (Å²) in [6.45, 7) is 7.52. The minimum absolute atomic E-state index is 0. The van der Waals surface area contributed by atoms with Crippen LogP contribution in [0.1, 0.15) is 0 Å². The lowest BCUT2D eigenvalue weighted by Gasteiger charge is -2.26. The van der Waals surface area contributed by atoms with Gasteiger partial charge in [0.25, 0.3) is 4.67 Å². The third-order valence-corrected chi connectivity index (χ3v) is 5.56. The summed E-state index contributed by atoms with van der Waals surface area (Å²) in [5.74, 6) is 0. The lowest BCUT2D eigenvalue weighted by Crippen LogP contribution is -3.00. The van der Waals surface area contributed by atoms with E-state index in [0.717, 1.165) is 52.6 Å². The molecule has 0 unspecified atom stereocenters. The minimum Gasteiger partial charge on any atom is -1.00 e. The van der Waals surface area contributed by atoms with Crippen LogP contribution in [-0.2, 0) is 9.47 Å². The van der Waals surface area contributed by atoms with Crippen LogP contribution in [0.3, 0.4) is 0 Å². The van der Waals surface area contributed by atoms with Crippen LogP contribution in [0.5, 0.6) is 0 Å². The molecule has 0 saturated carbocycles. The van der Waals surface area contributed by atoms with Crippen LogP contribution in [0, 0.1) is 0 Å². The smallest absolute Gasteiger partial charge is 0.269 e. The highest BCUT2D eigenvalue weighted by atomic mass is 35.5. The lowest BCUT2D eigenvalue weighted by atomic mass is 10.4. The molecule has 2 aliphatic heterocycles. The molecular formula is C11H17ClN2O2S2. The molecule has 2 aliphatic rings. The zero-order chi connectivity index (χ0) is 11.5. The van der Waals surface area contributed by atoms with Crippen molar-refractivity contribution in [3.05, 3.63) is 10.7 Å². The predicted molar refractivity (Wildman–Crippen MR) is 71.1 cm³/mol. The van der Waals surface area contributed by atoms with Crippen molar-refractivity contribution in [2.75, 3.05) is 57.5 Å². The summed E-state index contributed by atoms with van der Waals surface area (Å²) < 4.78 is 14.6. The van der Waals surface area contributed by atoms with E-state index in [0.29, 0.717) is 0 Å². The first-order valence-electron chi connectivity index (χ1n) is 6.02. The predicted octanol–water partition coefficient (Wildman–Crippen LogP) is -2.55. The highest BCUT2D eigenvalue weighted by Gasteiger charge is 2.17. The molecule has 18 heavy (non-hydrogen) atoms. The van der Waals surface area contributed by atoms with E-state index in [2.05, 4.69) is 15.5 Å². The van der Waals surface area contributed by atoms with E-state index in [4.69, 9.17) is 9.47 Å². The van der Waals surface area contributed by atoms with Gasteiger partial charge in [-0.15, -0.1) is 0 Å². The molecule has 0 amide bonds. The number of halogens is 1. The molecule has 0 spiro atoms. The van der Waals surface area contributed by atoms with Gasteiger partial charge in [0.1, 0.15) is 18.2 Å². The number of morpholine rings is 2. The Morgan fingerprint density at radius 3 is 2.39 bits per heavy atom. The summed E-state index contributed by atoms with van der Waals surface area (Å²) in [5, 5.41) is 1.39. The molecule has 102 valence electrons. The molecule has 2 fully saturated rings. The van der Waals surface area contributed by atoms with Gasteiger partial charge < -0.3 is 26.8 Å². The molecule has 3 heterocycles. The Bertz CT molecular complexity index is 432. The van der Waals surface area contributed by atoms with E-state index in [1.807, 2.05) is 20.7 Å². The Labute approximate surface area is 120 Å². The zero-order valence-corrected chi connectivity index (χ0v) is 12.5. The monoisotopic (exact) mass is 308 g/mol. The van der Waals surface area contributed by atoms with Crippen molar-refractivity contribution in [1.82, 2.24) is 4.58 Å². The number of hydrogen-bond acceptors (Lipinski definition) is 5. The highest BCUT2D eigenvalue weighted by Crippen LogP contribution is 2.22. The standard InChI is InChI=1S/C11H17N2O2S2.ClH/c1-5-14-6-2-12(1)10-9-11(17-16-10)13-3-7-15-8-4-13;/h9H,1-8H2;1H/q+1;/p-1. The van der Waals surface area contributed by atoms with Crippen LogP contribution in [0.15, 0.2) is 6.07 Å². The molecule has 0 radical (unpaired) electrons. The second-order valence-electron chi connectivity index (χ2n) is 4.19. The van der Waals surface area contributed by atoms with Crippen molar-refractivity contribution in [2.45, 2.75) is 0 Å². The first kappa shape index (κ1) is 14.3. The quantitative estimate of drug-likeness (QED) is 0.422. The number of rotatable bonds is 1. The Balaban J connectivity index is 0.00000120. The fraction of sp³-hybridized carbons (Fsp3) is 0.727. The van der Waals surface area contributed by atoms with Crippen LogP contribution in [0.25, 0.3) is 0 Å². The van der Waals surface area contributed by atoms with Gasteiger partial charge in [-0.1, -0.05) is 10.3 Å². The van der Waals surface area contributed by atoms with Gasteiger partial charge in [0.05, 0.1) is 19.3 Å². The van der Waals surface area contributed by atoms with E-state index in [1.165, 1.54) is 9.67 Å². The Kier molecular flexibility index (Phi) is 5.44. The summed E-state index contributed by atoms with van der Waals surface area (Å²) in [6, 6.07) is 2.33. The maximum Gasteiger partial charge on any atom is 0.269 e. The van der Waals surface area contributed by atoms with Crippen LogP contribution in [-0.4, -0.2) is 52.6 Å². The van der Waals surface area contributed by atoms with E-state index in [-0.39, 0.29) is 12.4 Å². The van der Waals surface area contributed by atoms with Crippen molar-refractivity contribution in [3.8, 4) is 0 Å². The highest BCUT2D eigenvalue weighted by molar-refractivity contribution is 7.70. The van der Waals surface area contributed by atoms with Gasteiger partial charge in [0.15, 0.2) is 13.1 Å². The summed E-state index contributed by atoms with van der Waals surface area (Å²) in [7, 11) is 3.76. The lowest BCUT2D eigenvalue weighted by molar-refractivity contribution is -0.00000487. The topological polar surface area (TPSA) is 24.7 Å². The van der Waals surface area contributed by atoms with Gasteiger partial charge in [-0.05, 0) is 10.3 Å². The normalized spacial score (nSPS) is 20.7. The van der Waals surface area contributed by atoms with E-state index >= 15 is 0 Å². The van der Waals surface area contributed by atoms with Gasteiger partial charge in [-0.3, -0.25) is 0 Å². The van der Waals surface area contributed by atoms with Crippen molar-refractivity contribution in [2.24, 2.45) is 0 Å². The third-order valence-electron chi connectivity index (χ3n) is 3.10. The summed E-state index contributed by atoms with van der Waals surface area (Å²) >= 11 is 0. The second-order valence-corrected chi connectivity index (χ2v) is 6.36. The molecule has 0 aliphatic carbocycles. The third kappa shape index (κ3) is 3.24. The fourth-order valence-corrected chi connectivity index (χ4v) is 4.67. The van der Waals surface area contributed by atoms with Crippen molar-refractivity contribution in [1.29, 1.82) is 0 Å². The maximum atomic E-state index is 5.38. The molecule has 0 aromatic carbocycles. The van der Waals surface area contributed by atoms with Crippen LogP contribution >= 0.6 is 20.7 Å². The molecule has 2 saturated heterocycles. The number of hydrogen-bond donors (Lipinski definition) is 0. The number of ether oxygens (including phenoxy) is 2. The second kappa shape index (κ2) is 6.86. The van der Waals surface area contributed by atoms with Gasteiger partial charge in [0.2, 0.25) is 0 Å². The van der Waals surface area contributed by atoms with E-state index in [1.54, 1.807) is 0 Å². The molecule has 7 heteroatoms. The molecule has 1 aromatic rings. The average Bonchev–Trinajstić information content (AvgIpc) is 2.90. The SMILES string of the molecule is [Cl-].c1c(N2CCOCC2)ssc1=[N+]1CCOCC1. The van der Waals surface area contributed by atoms with Crippen molar-refractivity contribution < 1.29 is 21.9 Å². The molecule has 0 N–H and O–H groups in total. The number of anilines is 1. The van der Waals surface area contributed by atoms with Gasteiger partial charge in [-0.25, -0.2) is 4.58 Å². The Morgan fingerprint density at radius 1 is 1.00 bits per heavy atom. The van der Waals surface area contributed by atoms with E-state index < -0.39 is 0 Å². The average molecular weight is 309 g/mol. The molecule has 0 bridgehead atoms. The largest absolute Gasteiger partial charge is 1.00 e. The van der Waals surface area contributed by atoms with Crippen LogP contribution in [0.2, 0.25) is 0 Å². The van der Waals surface area contributed by atoms with Crippen molar-refractivity contribution >= 4 is 25.7 Å². The minimum atomic E-state index is 0. The molecule has 4 nitrogen and oxygen atoms in total. The molecular weight excluding hydrogens is 292 g/mol. The van der Waals surface area contributed by atoms with Crippen molar-refractivity contribution in [3.63, 3.8) is 0 Å². The van der Waals surface area contributed by atoms with Gasteiger partial charge >= 0.3 is 0 Å². The maximum absolute atomic E-state index is 5.38. The molecule has 0 atom stereocenters. The van der Waals surface area contributed by atoms with E-state index in [9.17, 15) is 0 Å². The molecule has 1 aromatic heterocycles. The molecule has 3 rings (SSSR count). The Morgan fingerprint density at radius 2 is 1.67 bits per heavy atom. The first-order chi connectivity index (χ1) is 8.43.